The van der Waals surface area contributed by atoms with Crippen molar-refractivity contribution in [3.63, 3.8) is 0 Å². The fourth-order valence-electron chi connectivity index (χ4n) is 0.539. The van der Waals surface area contributed by atoms with Crippen LogP contribution in [0.5, 0.6) is 0 Å². The number of hydrogen-bond donors (Lipinski definition) is 2. The highest BCUT2D eigenvalue weighted by molar-refractivity contribution is 7.46. The Morgan fingerprint density at radius 1 is 1.50 bits per heavy atom. The Balaban J connectivity index is 3.54. The first-order valence-electron chi connectivity index (χ1n) is 3.22. The maximum absolute atomic E-state index is 10.6. The van der Waals surface area contributed by atoms with Gasteiger partial charge in [0.2, 0.25) is 0 Å². The molecule has 0 aromatic rings. The van der Waals surface area contributed by atoms with E-state index in [1.54, 1.807) is 0 Å². The van der Waals surface area contributed by atoms with Crippen LogP contribution in [0.3, 0.4) is 0 Å². The quantitative estimate of drug-likeness (QED) is 0.478. The lowest BCUT2D eigenvalue weighted by molar-refractivity contribution is -0.136. The number of ether oxygens (including phenoxy) is 1. The third-order valence-corrected chi connectivity index (χ3v) is 1.39. The Morgan fingerprint density at radius 3 is 2.50 bits per heavy atom. The molecular weight excluding hydrogens is 187 g/mol. The molecular formula is C5H11O6P. The van der Waals surface area contributed by atoms with Crippen LogP contribution in [0.25, 0.3) is 0 Å². The molecule has 0 heterocycles. The van der Waals surface area contributed by atoms with Crippen LogP contribution in [-0.2, 0) is 18.6 Å². The van der Waals surface area contributed by atoms with Crippen molar-refractivity contribution in [2.75, 3.05) is 13.7 Å². The van der Waals surface area contributed by atoms with Gasteiger partial charge in [0.1, 0.15) is 0 Å². The molecule has 0 fully saturated rings. The maximum atomic E-state index is 10.6. The number of rotatable bonds is 5. The fraction of sp³-hybridized carbons (Fsp3) is 0.800. The number of phosphoric ester groups is 1. The largest absolute Gasteiger partial charge is 0.526 e. The summed E-state index contributed by atoms with van der Waals surface area (Å²) in [5, 5.41) is 0. The third-order valence-electron chi connectivity index (χ3n) is 0.950. The van der Waals surface area contributed by atoms with Gasteiger partial charge in [-0.25, -0.2) is 4.57 Å². The van der Waals surface area contributed by atoms with E-state index in [-0.39, 0.29) is 6.42 Å². The molecule has 0 aliphatic rings. The van der Waals surface area contributed by atoms with E-state index in [9.17, 15) is 9.36 Å². The molecule has 2 N–H and O–H groups in total. The van der Waals surface area contributed by atoms with Crippen molar-refractivity contribution in [3.8, 4) is 0 Å². The van der Waals surface area contributed by atoms with Crippen LogP contribution in [0.1, 0.15) is 12.8 Å². The Bertz CT molecular complexity index is 184. The van der Waals surface area contributed by atoms with Crippen molar-refractivity contribution in [1.29, 1.82) is 0 Å². The lowest BCUT2D eigenvalue weighted by Crippen LogP contribution is -2.03. The van der Waals surface area contributed by atoms with Crippen molar-refractivity contribution in [1.82, 2.24) is 0 Å². The molecule has 0 radical (unpaired) electrons. The minimum absolute atomic E-state index is 0.0566. The van der Waals surface area contributed by atoms with E-state index in [4.69, 9.17) is 9.79 Å². The van der Waals surface area contributed by atoms with E-state index < -0.39 is 13.8 Å². The second-order valence-corrected chi connectivity index (χ2v) is 3.21. The van der Waals surface area contributed by atoms with Crippen LogP contribution < -0.4 is 0 Å². The normalized spacial score (nSPS) is 11.2. The molecule has 0 bridgehead atoms. The molecule has 0 rings (SSSR count). The molecule has 6 nitrogen and oxygen atoms in total. The topological polar surface area (TPSA) is 93.1 Å². The van der Waals surface area contributed by atoms with Crippen molar-refractivity contribution < 1.29 is 28.4 Å². The zero-order chi connectivity index (χ0) is 9.61. The van der Waals surface area contributed by atoms with E-state index >= 15 is 0 Å². The average molecular weight is 198 g/mol. The van der Waals surface area contributed by atoms with Gasteiger partial charge in [-0.3, -0.25) is 14.6 Å². The smallest absolute Gasteiger partial charge is 0.385 e. The fourth-order valence-corrected chi connectivity index (χ4v) is 0.896. The van der Waals surface area contributed by atoms with Gasteiger partial charge in [0.25, 0.3) is 0 Å². The molecule has 12 heavy (non-hydrogen) atoms. The van der Waals surface area contributed by atoms with Crippen LogP contribution in [0.15, 0.2) is 0 Å². The highest BCUT2D eigenvalue weighted by atomic mass is 31.2. The third kappa shape index (κ3) is 7.68. The van der Waals surface area contributed by atoms with E-state index in [0.717, 1.165) is 0 Å². The Hall–Kier alpha value is -0.420. The average Bonchev–Trinajstić information content (AvgIpc) is 1.84. The zero-order valence-electron chi connectivity index (χ0n) is 6.60. The summed E-state index contributed by atoms with van der Waals surface area (Å²) in [5.41, 5.74) is 0. The molecule has 0 aliphatic carbocycles. The SMILES string of the molecule is COCCCC(=O)OP(=O)(O)O. The highest BCUT2D eigenvalue weighted by Gasteiger charge is 2.19. The predicted molar refractivity (Wildman–Crippen MR) is 39.2 cm³/mol. The van der Waals surface area contributed by atoms with Crippen LogP contribution in [0.4, 0.5) is 0 Å². The van der Waals surface area contributed by atoms with Crippen molar-refractivity contribution >= 4 is 13.8 Å². The van der Waals surface area contributed by atoms with Crippen molar-refractivity contribution in [2.45, 2.75) is 12.8 Å². The number of methoxy groups -OCH3 is 1. The lowest BCUT2D eigenvalue weighted by atomic mass is 10.3. The summed E-state index contributed by atoms with van der Waals surface area (Å²) >= 11 is 0. The summed E-state index contributed by atoms with van der Waals surface area (Å²) in [6, 6.07) is 0. The second-order valence-electron chi connectivity index (χ2n) is 2.05. The Morgan fingerprint density at radius 2 is 2.08 bits per heavy atom. The number of hydrogen-bond acceptors (Lipinski definition) is 4. The molecule has 0 atom stereocenters. The van der Waals surface area contributed by atoms with Gasteiger partial charge in [-0.15, -0.1) is 0 Å². The summed E-state index contributed by atoms with van der Waals surface area (Å²) in [4.78, 5) is 26.9. The maximum Gasteiger partial charge on any atom is 0.526 e. The summed E-state index contributed by atoms with van der Waals surface area (Å²) in [6.45, 7) is 0.357. The predicted octanol–water partition coefficient (Wildman–Crippen LogP) is 0.0489. The van der Waals surface area contributed by atoms with Gasteiger partial charge in [0.15, 0.2) is 0 Å². The number of carbonyl (C=O) groups is 1. The second kappa shape index (κ2) is 5.27. The van der Waals surface area contributed by atoms with Gasteiger partial charge >= 0.3 is 13.8 Å². The lowest BCUT2D eigenvalue weighted by Gasteiger charge is -2.03. The van der Waals surface area contributed by atoms with E-state index in [1.165, 1.54) is 7.11 Å². The minimum Gasteiger partial charge on any atom is -0.385 e. The molecule has 7 heteroatoms. The van der Waals surface area contributed by atoms with Crippen LogP contribution in [0, 0.1) is 0 Å². The standard InChI is InChI=1S/C5H11O6P/c1-10-4-2-3-5(6)11-12(7,8)9/h2-4H2,1H3,(H2,7,8,9). The van der Waals surface area contributed by atoms with E-state index in [1.807, 2.05) is 0 Å². The van der Waals surface area contributed by atoms with E-state index in [0.29, 0.717) is 13.0 Å². The first-order chi connectivity index (χ1) is 5.45. The van der Waals surface area contributed by atoms with E-state index in [2.05, 4.69) is 9.26 Å². The minimum atomic E-state index is -4.66. The number of phosphoric acid groups is 1. The summed E-state index contributed by atoms with van der Waals surface area (Å²) in [6.07, 6.45) is 0.328. The van der Waals surface area contributed by atoms with Crippen LogP contribution in [0.2, 0.25) is 0 Å². The molecule has 0 aromatic heterocycles. The van der Waals surface area contributed by atoms with Gasteiger partial charge < -0.3 is 9.26 Å². The van der Waals surface area contributed by atoms with Crippen LogP contribution in [-0.4, -0.2) is 29.5 Å². The van der Waals surface area contributed by atoms with Gasteiger partial charge in [-0.05, 0) is 6.42 Å². The Kier molecular flexibility index (Phi) is 5.08. The van der Waals surface area contributed by atoms with Gasteiger partial charge in [0, 0.05) is 20.1 Å². The Labute approximate surface area is 69.7 Å². The van der Waals surface area contributed by atoms with Gasteiger partial charge in [0.05, 0.1) is 0 Å². The molecule has 0 saturated carbocycles. The molecule has 0 amide bonds. The van der Waals surface area contributed by atoms with Gasteiger partial charge in [-0.1, -0.05) is 0 Å². The zero-order valence-corrected chi connectivity index (χ0v) is 7.49. The van der Waals surface area contributed by atoms with Crippen molar-refractivity contribution in [3.05, 3.63) is 0 Å². The van der Waals surface area contributed by atoms with Gasteiger partial charge in [-0.2, -0.15) is 0 Å². The van der Waals surface area contributed by atoms with Crippen molar-refractivity contribution in [2.24, 2.45) is 0 Å². The molecule has 72 valence electrons. The molecule has 0 aliphatic heterocycles. The molecule has 0 spiro atoms. The summed E-state index contributed by atoms with van der Waals surface area (Å²) in [5.74, 6) is -0.916. The molecule has 0 unspecified atom stereocenters. The first kappa shape index (κ1) is 11.6. The molecule has 0 aromatic carbocycles. The summed E-state index contributed by atoms with van der Waals surface area (Å²) < 4.78 is 18.5. The number of carbonyl (C=O) groups excluding carboxylic acids is 1. The first-order valence-corrected chi connectivity index (χ1v) is 4.75. The molecule has 0 saturated heterocycles. The highest BCUT2D eigenvalue weighted by Crippen LogP contribution is 2.36. The monoisotopic (exact) mass is 198 g/mol. The summed E-state index contributed by atoms with van der Waals surface area (Å²) in [7, 11) is -3.19. The van der Waals surface area contributed by atoms with Crippen LogP contribution >= 0.6 is 7.82 Å².